The topological polar surface area (TPSA) is 33.1 Å². The molecule has 0 aliphatic rings. The van der Waals surface area contributed by atoms with Gasteiger partial charge in [-0.1, -0.05) is 6.92 Å². The van der Waals surface area contributed by atoms with E-state index in [1.54, 1.807) is 12.4 Å². The Morgan fingerprint density at radius 2 is 2.08 bits per heavy atom. The summed E-state index contributed by atoms with van der Waals surface area (Å²) in [6, 6.07) is 3.98. The summed E-state index contributed by atoms with van der Waals surface area (Å²) < 4.78 is 0. The number of aromatic nitrogens is 1. The largest absolute Gasteiger partial charge is 0.393 e. The van der Waals surface area contributed by atoms with E-state index < -0.39 is 0 Å². The maximum absolute atomic E-state index is 9.30. The van der Waals surface area contributed by atoms with Crippen molar-refractivity contribution in [2.75, 3.05) is 0 Å². The lowest BCUT2D eigenvalue weighted by Crippen LogP contribution is -2.05. The minimum absolute atomic E-state index is 0.154. The van der Waals surface area contributed by atoms with Gasteiger partial charge in [0, 0.05) is 12.4 Å². The highest BCUT2D eigenvalue weighted by Crippen LogP contribution is 2.05. The summed E-state index contributed by atoms with van der Waals surface area (Å²) in [5, 5.41) is 9.30. The van der Waals surface area contributed by atoms with Crippen LogP contribution in [0.15, 0.2) is 24.5 Å². The quantitative estimate of drug-likeness (QED) is 0.737. The normalized spacial score (nSPS) is 12.8. The van der Waals surface area contributed by atoms with Gasteiger partial charge in [-0.2, -0.15) is 0 Å². The predicted octanol–water partition coefficient (Wildman–Crippen LogP) is 1.79. The Labute approximate surface area is 73.3 Å². The third-order valence-corrected chi connectivity index (χ3v) is 1.99. The lowest BCUT2D eigenvalue weighted by molar-refractivity contribution is 0.160. The van der Waals surface area contributed by atoms with Crippen LogP contribution in [0.4, 0.5) is 0 Å². The van der Waals surface area contributed by atoms with Crippen molar-refractivity contribution in [2.24, 2.45) is 0 Å². The second-order valence-corrected chi connectivity index (χ2v) is 2.96. The molecule has 1 unspecified atom stereocenters. The van der Waals surface area contributed by atoms with Gasteiger partial charge >= 0.3 is 0 Å². The van der Waals surface area contributed by atoms with Crippen molar-refractivity contribution in [3.8, 4) is 0 Å². The molecule has 0 saturated heterocycles. The molecular weight excluding hydrogens is 150 g/mol. The molecule has 2 heteroatoms. The molecule has 0 fully saturated rings. The Hall–Kier alpha value is -0.890. The van der Waals surface area contributed by atoms with Gasteiger partial charge in [0.15, 0.2) is 0 Å². The molecule has 0 radical (unpaired) electrons. The molecule has 0 saturated carbocycles. The van der Waals surface area contributed by atoms with E-state index in [2.05, 4.69) is 4.98 Å². The Bertz CT molecular complexity index is 210. The van der Waals surface area contributed by atoms with Crippen LogP contribution in [0.2, 0.25) is 0 Å². The maximum Gasteiger partial charge on any atom is 0.0540 e. The number of hydrogen-bond acceptors (Lipinski definition) is 2. The third kappa shape index (κ3) is 3.01. The zero-order valence-corrected chi connectivity index (χ0v) is 7.40. The molecule has 12 heavy (non-hydrogen) atoms. The first-order chi connectivity index (χ1) is 5.83. The van der Waals surface area contributed by atoms with Gasteiger partial charge < -0.3 is 5.11 Å². The number of rotatable bonds is 4. The number of aliphatic hydroxyl groups is 1. The number of aryl methyl sites for hydroxylation is 1. The van der Waals surface area contributed by atoms with Crippen molar-refractivity contribution < 1.29 is 5.11 Å². The van der Waals surface area contributed by atoms with E-state index in [0.29, 0.717) is 0 Å². The Kier molecular flexibility index (Phi) is 3.74. The summed E-state index contributed by atoms with van der Waals surface area (Å²) in [5.41, 5.74) is 1.25. The van der Waals surface area contributed by atoms with Gasteiger partial charge in [0.25, 0.3) is 0 Å². The molecule has 66 valence electrons. The first-order valence-corrected chi connectivity index (χ1v) is 4.40. The summed E-state index contributed by atoms with van der Waals surface area (Å²) in [6.07, 6.45) is 6.04. The van der Waals surface area contributed by atoms with E-state index in [4.69, 9.17) is 0 Å². The molecule has 1 atom stereocenters. The SMILES string of the molecule is CCC(O)CCc1ccncc1. The summed E-state index contributed by atoms with van der Waals surface area (Å²) in [6.45, 7) is 2.00. The van der Waals surface area contributed by atoms with Crippen LogP contribution < -0.4 is 0 Å². The highest BCUT2D eigenvalue weighted by atomic mass is 16.3. The van der Waals surface area contributed by atoms with Crippen molar-refractivity contribution in [3.05, 3.63) is 30.1 Å². The van der Waals surface area contributed by atoms with Crippen molar-refractivity contribution in [3.63, 3.8) is 0 Å². The maximum atomic E-state index is 9.30. The molecule has 0 bridgehead atoms. The van der Waals surface area contributed by atoms with Crippen LogP contribution in [0.1, 0.15) is 25.3 Å². The number of aliphatic hydroxyl groups excluding tert-OH is 1. The molecule has 1 aromatic heterocycles. The molecule has 1 rings (SSSR count). The summed E-state index contributed by atoms with van der Waals surface area (Å²) >= 11 is 0. The van der Waals surface area contributed by atoms with E-state index in [0.717, 1.165) is 19.3 Å². The molecule has 0 aromatic carbocycles. The van der Waals surface area contributed by atoms with E-state index >= 15 is 0 Å². The van der Waals surface area contributed by atoms with E-state index in [9.17, 15) is 5.11 Å². The molecule has 0 aliphatic heterocycles. The van der Waals surface area contributed by atoms with Crippen molar-refractivity contribution in [1.82, 2.24) is 4.98 Å². The number of pyridine rings is 1. The third-order valence-electron chi connectivity index (χ3n) is 1.99. The molecule has 0 aliphatic carbocycles. The molecule has 1 N–H and O–H groups in total. The lowest BCUT2D eigenvalue weighted by Gasteiger charge is -2.06. The van der Waals surface area contributed by atoms with Gasteiger partial charge in [-0.3, -0.25) is 4.98 Å². The Morgan fingerprint density at radius 1 is 1.42 bits per heavy atom. The Morgan fingerprint density at radius 3 is 2.67 bits per heavy atom. The van der Waals surface area contributed by atoms with Crippen molar-refractivity contribution >= 4 is 0 Å². The van der Waals surface area contributed by atoms with Crippen LogP contribution in [0, 0.1) is 0 Å². The summed E-state index contributed by atoms with van der Waals surface area (Å²) in [7, 11) is 0. The summed E-state index contributed by atoms with van der Waals surface area (Å²) in [4.78, 5) is 3.93. The smallest absolute Gasteiger partial charge is 0.0540 e. The zero-order valence-electron chi connectivity index (χ0n) is 7.40. The molecule has 1 heterocycles. The standard InChI is InChI=1S/C10H15NO/c1-2-10(12)4-3-9-5-7-11-8-6-9/h5-8,10,12H,2-4H2,1H3. The van der Waals surface area contributed by atoms with Crippen LogP contribution in [0.25, 0.3) is 0 Å². The van der Waals surface area contributed by atoms with E-state index in [-0.39, 0.29) is 6.10 Å². The van der Waals surface area contributed by atoms with Crippen LogP contribution >= 0.6 is 0 Å². The molecule has 1 aromatic rings. The zero-order chi connectivity index (χ0) is 8.81. The highest BCUT2D eigenvalue weighted by Gasteiger charge is 2.00. The predicted molar refractivity (Wildman–Crippen MR) is 48.9 cm³/mol. The molecule has 0 spiro atoms. The van der Waals surface area contributed by atoms with Crippen LogP contribution in [0.3, 0.4) is 0 Å². The lowest BCUT2D eigenvalue weighted by atomic mass is 10.1. The monoisotopic (exact) mass is 165 g/mol. The second kappa shape index (κ2) is 4.88. The Balaban J connectivity index is 2.33. The van der Waals surface area contributed by atoms with Crippen molar-refractivity contribution in [2.45, 2.75) is 32.3 Å². The molecule has 2 nitrogen and oxygen atoms in total. The fourth-order valence-corrected chi connectivity index (χ4v) is 1.09. The van der Waals surface area contributed by atoms with Gasteiger partial charge in [-0.25, -0.2) is 0 Å². The fourth-order valence-electron chi connectivity index (χ4n) is 1.09. The molecule has 0 amide bonds. The molecular formula is C10H15NO. The average Bonchev–Trinajstić information content (AvgIpc) is 2.16. The minimum atomic E-state index is -0.154. The van der Waals surface area contributed by atoms with E-state index in [1.165, 1.54) is 5.56 Å². The second-order valence-electron chi connectivity index (χ2n) is 2.96. The van der Waals surface area contributed by atoms with Gasteiger partial charge in [-0.15, -0.1) is 0 Å². The average molecular weight is 165 g/mol. The van der Waals surface area contributed by atoms with Crippen LogP contribution in [-0.4, -0.2) is 16.2 Å². The van der Waals surface area contributed by atoms with Gasteiger partial charge in [0.05, 0.1) is 6.10 Å². The van der Waals surface area contributed by atoms with Crippen LogP contribution in [-0.2, 0) is 6.42 Å². The van der Waals surface area contributed by atoms with Crippen molar-refractivity contribution in [1.29, 1.82) is 0 Å². The van der Waals surface area contributed by atoms with Gasteiger partial charge in [0.1, 0.15) is 0 Å². The van der Waals surface area contributed by atoms with Gasteiger partial charge in [0.2, 0.25) is 0 Å². The fraction of sp³-hybridized carbons (Fsp3) is 0.500. The summed E-state index contributed by atoms with van der Waals surface area (Å²) in [5.74, 6) is 0. The van der Waals surface area contributed by atoms with Gasteiger partial charge in [-0.05, 0) is 37.0 Å². The first-order valence-electron chi connectivity index (χ1n) is 4.40. The van der Waals surface area contributed by atoms with E-state index in [1.807, 2.05) is 19.1 Å². The van der Waals surface area contributed by atoms with Crippen LogP contribution in [0.5, 0.6) is 0 Å². The minimum Gasteiger partial charge on any atom is -0.393 e. The number of hydrogen-bond donors (Lipinski definition) is 1. The number of nitrogens with zero attached hydrogens (tertiary/aromatic N) is 1. The highest BCUT2D eigenvalue weighted by molar-refractivity contribution is 5.09. The first kappa shape index (κ1) is 9.20.